The molecule has 3 aromatic rings. The highest BCUT2D eigenvalue weighted by molar-refractivity contribution is 5.73. The van der Waals surface area contributed by atoms with Crippen molar-refractivity contribution in [3.05, 3.63) is 89.1 Å². The summed E-state index contributed by atoms with van der Waals surface area (Å²) in [5.74, 6) is 0. The van der Waals surface area contributed by atoms with Gasteiger partial charge in [-0.25, -0.2) is 4.99 Å². The van der Waals surface area contributed by atoms with E-state index >= 15 is 0 Å². The molecule has 0 radical (unpaired) electrons. The van der Waals surface area contributed by atoms with Crippen LogP contribution in [0.15, 0.2) is 72.3 Å². The van der Waals surface area contributed by atoms with Crippen molar-refractivity contribution < 1.29 is 0 Å². The minimum atomic E-state index is 0.794. The van der Waals surface area contributed by atoms with Crippen LogP contribution in [0.5, 0.6) is 0 Å². The molecule has 1 aromatic carbocycles. The predicted octanol–water partition coefficient (Wildman–Crippen LogP) is 3.24. The fraction of sp³-hybridized carbons (Fsp3) is 0.387. The molecule has 3 aliphatic rings. The molecule has 1 N–H and O–H groups in total. The van der Waals surface area contributed by atoms with E-state index in [1.54, 1.807) is 0 Å². The zero-order chi connectivity index (χ0) is 25.9. The Hall–Kier alpha value is -3.39. The number of benzene rings is 1. The Labute approximate surface area is 225 Å². The summed E-state index contributed by atoms with van der Waals surface area (Å²) in [6.45, 7) is 12.9. The number of likely N-dealkylation sites (N-methyl/N-ethyl adjacent to an activating group) is 1. The smallest absolute Gasteiger partial charge is 0.0960 e. The number of hydrogen-bond donors (Lipinski definition) is 1. The summed E-state index contributed by atoms with van der Waals surface area (Å²) in [5.41, 5.74) is 7.29. The van der Waals surface area contributed by atoms with E-state index in [2.05, 4.69) is 80.0 Å². The van der Waals surface area contributed by atoms with Crippen molar-refractivity contribution in [3.8, 4) is 11.1 Å². The first-order chi connectivity index (χ1) is 18.6. The summed E-state index contributed by atoms with van der Waals surface area (Å²) in [4.78, 5) is 21.3. The van der Waals surface area contributed by atoms with Crippen molar-refractivity contribution in [1.82, 2.24) is 24.7 Å². The van der Waals surface area contributed by atoms with Gasteiger partial charge in [-0.05, 0) is 74.4 Å². The van der Waals surface area contributed by atoms with Gasteiger partial charge in [0.05, 0.1) is 34.3 Å². The highest BCUT2D eigenvalue weighted by atomic mass is 15.2. The van der Waals surface area contributed by atoms with E-state index < -0.39 is 0 Å². The molecule has 38 heavy (non-hydrogen) atoms. The Bertz CT molecular complexity index is 1420. The topological polar surface area (TPSA) is 59.9 Å². The largest absolute Gasteiger partial charge is 0.353 e. The summed E-state index contributed by atoms with van der Waals surface area (Å²) in [6, 6.07) is 12.9. The van der Waals surface area contributed by atoms with Gasteiger partial charge in [-0.15, -0.1) is 0 Å². The number of aromatic nitrogens is 2. The fourth-order valence-electron chi connectivity index (χ4n) is 5.53. The summed E-state index contributed by atoms with van der Waals surface area (Å²) < 4.78 is 0. The summed E-state index contributed by atoms with van der Waals surface area (Å²) in [5, 5.41) is 5.54. The Morgan fingerprint density at radius 1 is 0.842 bits per heavy atom. The molecule has 0 bridgehead atoms. The predicted molar refractivity (Wildman–Crippen MR) is 153 cm³/mol. The third kappa shape index (κ3) is 5.70. The molecule has 2 aromatic heterocycles. The van der Waals surface area contributed by atoms with E-state index in [9.17, 15) is 0 Å². The van der Waals surface area contributed by atoms with Crippen LogP contribution >= 0.6 is 0 Å². The maximum absolute atomic E-state index is 4.71. The van der Waals surface area contributed by atoms with E-state index in [1.807, 2.05) is 18.6 Å². The molecule has 0 amide bonds. The lowest BCUT2D eigenvalue weighted by Crippen LogP contribution is -2.43. The third-order valence-electron chi connectivity index (χ3n) is 7.85. The molecule has 2 saturated heterocycles. The van der Waals surface area contributed by atoms with Gasteiger partial charge in [0.1, 0.15) is 0 Å². The van der Waals surface area contributed by atoms with Crippen molar-refractivity contribution in [2.24, 2.45) is 4.99 Å². The Morgan fingerprint density at radius 3 is 2.45 bits per heavy atom. The van der Waals surface area contributed by atoms with Crippen molar-refractivity contribution in [1.29, 1.82) is 0 Å². The Morgan fingerprint density at radius 2 is 1.66 bits per heavy atom. The number of likely N-dealkylation sites (tertiary alicyclic amines) is 1. The van der Waals surface area contributed by atoms with Gasteiger partial charge in [-0.2, -0.15) is 0 Å². The normalized spacial score (nSPS) is 18.4. The lowest BCUT2D eigenvalue weighted by atomic mass is 10.0. The zero-order valence-corrected chi connectivity index (χ0v) is 22.4. The maximum Gasteiger partial charge on any atom is 0.0960 e. The van der Waals surface area contributed by atoms with Crippen LogP contribution < -0.4 is 15.9 Å². The van der Waals surface area contributed by atoms with Gasteiger partial charge in [0.2, 0.25) is 0 Å². The lowest BCUT2D eigenvalue weighted by molar-refractivity contribution is 0.148. The van der Waals surface area contributed by atoms with Crippen LogP contribution in [-0.4, -0.2) is 71.0 Å². The van der Waals surface area contributed by atoms with Crippen molar-refractivity contribution in [2.45, 2.75) is 32.4 Å². The SMILES string of the molecule is C=C(Nc1ccc(CN2CCCCC2)nc1)C1=c2cc(-c3cncc(CN4CCN(C)CC4)c3)ccc2=N1. The number of fused-ring (bicyclic) bond motifs is 1. The molecule has 0 aliphatic carbocycles. The van der Waals surface area contributed by atoms with Crippen LogP contribution in [0.2, 0.25) is 0 Å². The van der Waals surface area contributed by atoms with Gasteiger partial charge >= 0.3 is 0 Å². The van der Waals surface area contributed by atoms with Crippen LogP contribution in [0.3, 0.4) is 0 Å². The third-order valence-corrected chi connectivity index (χ3v) is 7.85. The molecule has 6 rings (SSSR count). The second kappa shape index (κ2) is 11.2. The first kappa shape index (κ1) is 24.9. The van der Waals surface area contributed by atoms with E-state index in [1.165, 1.54) is 37.9 Å². The molecule has 3 aliphatic heterocycles. The zero-order valence-electron chi connectivity index (χ0n) is 22.4. The van der Waals surface area contributed by atoms with E-state index in [4.69, 9.17) is 4.99 Å². The van der Waals surface area contributed by atoms with Crippen molar-refractivity contribution in [3.63, 3.8) is 0 Å². The molecule has 0 unspecified atom stereocenters. The average Bonchev–Trinajstić information content (AvgIpc) is 2.92. The minimum Gasteiger partial charge on any atom is -0.353 e. The molecule has 7 heteroatoms. The summed E-state index contributed by atoms with van der Waals surface area (Å²) in [6.07, 6.45) is 9.79. The van der Waals surface area contributed by atoms with E-state index in [0.717, 1.165) is 83.7 Å². The maximum atomic E-state index is 4.71. The number of piperazine rings is 1. The first-order valence-corrected chi connectivity index (χ1v) is 13.8. The van der Waals surface area contributed by atoms with Gasteiger partial charge < -0.3 is 10.2 Å². The molecule has 7 nitrogen and oxygen atoms in total. The van der Waals surface area contributed by atoms with E-state index in [-0.39, 0.29) is 0 Å². The van der Waals surface area contributed by atoms with Crippen LogP contribution in [0.1, 0.15) is 30.5 Å². The molecule has 0 atom stereocenters. The summed E-state index contributed by atoms with van der Waals surface area (Å²) >= 11 is 0. The van der Waals surface area contributed by atoms with Crippen LogP contribution in [0, 0.1) is 0 Å². The van der Waals surface area contributed by atoms with Crippen molar-refractivity contribution >= 4 is 11.4 Å². The second-order valence-corrected chi connectivity index (χ2v) is 10.8. The average molecular weight is 508 g/mol. The number of piperidine rings is 1. The van der Waals surface area contributed by atoms with Crippen LogP contribution in [0.4, 0.5) is 5.69 Å². The number of hydrogen-bond acceptors (Lipinski definition) is 7. The Kier molecular flexibility index (Phi) is 7.31. The highest BCUT2D eigenvalue weighted by Crippen LogP contribution is 2.22. The van der Waals surface area contributed by atoms with E-state index in [0.29, 0.717) is 0 Å². The van der Waals surface area contributed by atoms with Gasteiger partial charge in [-0.3, -0.25) is 19.8 Å². The molecular formula is C31H37N7. The number of nitrogens with one attached hydrogen (secondary N) is 1. The van der Waals surface area contributed by atoms with Crippen LogP contribution in [0.25, 0.3) is 16.8 Å². The van der Waals surface area contributed by atoms with Gasteiger partial charge in [0.25, 0.3) is 0 Å². The second-order valence-electron chi connectivity index (χ2n) is 10.8. The number of anilines is 1. The number of rotatable bonds is 8. The highest BCUT2D eigenvalue weighted by Gasteiger charge is 2.16. The molecule has 5 heterocycles. The quantitative estimate of drug-likeness (QED) is 0.505. The molecular weight excluding hydrogens is 470 g/mol. The molecule has 0 spiro atoms. The number of nitrogens with zero attached hydrogens (tertiary/aromatic N) is 6. The minimum absolute atomic E-state index is 0.794. The molecule has 196 valence electrons. The molecule has 0 saturated carbocycles. The lowest BCUT2D eigenvalue weighted by Gasteiger charge is -2.32. The fourth-order valence-corrected chi connectivity index (χ4v) is 5.53. The standard InChI is InChI=1S/C31H37N7/c1-23(34-27-7-8-28(33-20-27)22-37-10-4-3-5-11-37)31-29-17-25(6-9-30(29)35-31)26-16-24(18-32-19-26)21-38-14-12-36(2)13-15-38/h6-9,16-20,34H,1,3-5,10-15,21-22H2,2H3. The first-order valence-electron chi connectivity index (χ1n) is 13.8. The number of pyridine rings is 2. The molecule has 2 fully saturated rings. The van der Waals surface area contributed by atoms with Crippen LogP contribution in [-0.2, 0) is 13.1 Å². The van der Waals surface area contributed by atoms with Crippen molar-refractivity contribution in [2.75, 3.05) is 51.6 Å². The van der Waals surface area contributed by atoms with Gasteiger partial charge in [0.15, 0.2) is 0 Å². The van der Waals surface area contributed by atoms with Gasteiger partial charge in [-0.1, -0.05) is 19.1 Å². The monoisotopic (exact) mass is 507 g/mol. The van der Waals surface area contributed by atoms with Gasteiger partial charge in [0, 0.05) is 62.4 Å². The Balaban J connectivity index is 1.13. The summed E-state index contributed by atoms with van der Waals surface area (Å²) in [7, 11) is 2.19.